The fraction of sp³-hybridized carbons (Fsp3) is 0. The maximum atomic E-state index is 13.7. The minimum atomic E-state index is -1.71. The monoisotopic (exact) mass is 345 g/mol. The smallest absolute Gasteiger partial charge is 0.264 e. The number of benzene rings is 2. The van der Waals surface area contributed by atoms with Crippen molar-refractivity contribution in [1.29, 1.82) is 0 Å². The molecule has 0 bridgehead atoms. The normalized spacial score (nSPS) is 10.5. The number of carbonyl (C=O) groups excluding carboxylic acids is 1. The first-order chi connectivity index (χ1) is 12.0. The Morgan fingerprint density at radius 3 is 2.52 bits per heavy atom. The van der Waals surface area contributed by atoms with Crippen LogP contribution in [0.15, 0.2) is 53.3 Å². The topological polar surface area (TPSA) is 74.8 Å². The van der Waals surface area contributed by atoms with Crippen LogP contribution in [-0.2, 0) is 0 Å². The zero-order chi connectivity index (χ0) is 18.0. The zero-order valence-corrected chi connectivity index (χ0v) is 12.5. The number of carbonyl (C=O) groups is 1. The van der Waals surface area contributed by atoms with Crippen molar-refractivity contribution in [3.05, 3.63) is 81.9 Å². The second-order valence-electron chi connectivity index (χ2n) is 5.06. The SMILES string of the molecule is O=C(Nc1cccc(-c2ccc(=O)[nH]n2)c1)c1ccc(F)c(F)c1F. The van der Waals surface area contributed by atoms with Gasteiger partial charge in [0.25, 0.3) is 11.5 Å². The van der Waals surface area contributed by atoms with E-state index in [0.29, 0.717) is 23.0 Å². The van der Waals surface area contributed by atoms with E-state index in [9.17, 15) is 22.8 Å². The zero-order valence-electron chi connectivity index (χ0n) is 12.5. The Labute approximate surface area is 139 Å². The molecular formula is C17H10F3N3O2. The van der Waals surface area contributed by atoms with Crippen molar-refractivity contribution < 1.29 is 18.0 Å². The van der Waals surface area contributed by atoms with E-state index in [1.54, 1.807) is 12.1 Å². The van der Waals surface area contributed by atoms with Crippen LogP contribution in [0.25, 0.3) is 11.3 Å². The molecule has 126 valence electrons. The lowest BCUT2D eigenvalue weighted by atomic mass is 10.1. The average Bonchev–Trinajstić information content (AvgIpc) is 2.60. The molecule has 0 radical (unpaired) electrons. The van der Waals surface area contributed by atoms with Gasteiger partial charge in [0.05, 0.1) is 11.3 Å². The summed E-state index contributed by atoms with van der Waals surface area (Å²) >= 11 is 0. The maximum Gasteiger partial charge on any atom is 0.264 e. The molecule has 0 spiro atoms. The summed E-state index contributed by atoms with van der Waals surface area (Å²) in [6.45, 7) is 0. The second kappa shape index (κ2) is 6.60. The third-order valence-electron chi connectivity index (χ3n) is 3.38. The third kappa shape index (κ3) is 3.42. The standard InChI is InChI=1S/C17H10F3N3O2/c18-12-5-4-11(15(19)16(12)20)17(25)21-10-3-1-2-9(8-10)13-6-7-14(24)23-22-13/h1-8H,(H,21,25)(H,23,24). The van der Waals surface area contributed by atoms with Crippen LogP contribution in [0.2, 0.25) is 0 Å². The van der Waals surface area contributed by atoms with Gasteiger partial charge in [0.1, 0.15) is 0 Å². The van der Waals surface area contributed by atoms with Crippen molar-refractivity contribution in [1.82, 2.24) is 10.2 Å². The Morgan fingerprint density at radius 1 is 1.00 bits per heavy atom. The number of hydrogen-bond acceptors (Lipinski definition) is 3. The predicted molar refractivity (Wildman–Crippen MR) is 84.6 cm³/mol. The number of nitrogens with one attached hydrogen (secondary N) is 2. The number of nitrogens with zero attached hydrogens (tertiary/aromatic N) is 1. The lowest BCUT2D eigenvalue weighted by molar-refractivity contribution is 0.102. The van der Waals surface area contributed by atoms with Crippen molar-refractivity contribution >= 4 is 11.6 Å². The maximum absolute atomic E-state index is 13.7. The van der Waals surface area contributed by atoms with Crippen LogP contribution < -0.4 is 10.9 Å². The molecule has 0 unspecified atom stereocenters. The highest BCUT2D eigenvalue weighted by atomic mass is 19.2. The van der Waals surface area contributed by atoms with E-state index in [2.05, 4.69) is 15.5 Å². The van der Waals surface area contributed by atoms with Gasteiger partial charge in [-0.1, -0.05) is 12.1 Å². The number of H-pyrrole nitrogens is 1. The van der Waals surface area contributed by atoms with Gasteiger partial charge in [-0.25, -0.2) is 18.3 Å². The van der Waals surface area contributed by atoms with E-state index in [1.807, 2.05) is 0 Å². The molecule has 0 aliphatic heterocycles. The number of anilines is 1. The number of halogens is 3. The van der Waals surface area contributed by atoms with Gasteiger partial charge in [0.2, 0.25) is 0 Å². The number of rotatable bonds is 3. The van der Waals surface area contributed by atoms with E-state index in [-0.39, 0.29) is 5.56 Å². The number of aromatic nitrogens is 2. The quantitative estimate of drug-likeness (QED) is 0.716. The molecule has 8 heteroatoms. The van der Waals surface area contributed by atoms with Crippen molar-refractivity contribution in [3.8, 4) is 11.3 Å². The summed E-state index contributed by atoms with van der Waals surface area (Å²) in [5.74, 6) is -5.57. The minimum absolute atomic E-state index is 0.291. The summed E-state index contributed by atoms with van der Waals surface area (Å²) < 4.78 is 39.9. The van der Waals surface area contributed by atoms with Crippen molar-refractivity contribution in [2.24, 2.45) is 0 Å². The molecule has 25 heavy (non-hydrogen) atoms. The minimum Gasteiger partial charge on any atom is -0.322 e. The van der Waals surface area contributed by atoms with E-state index < -0.39 is 28.9 Å². The summed E-state index contributed by atoms with van der Waals surface area (Å²) in [5, 5.41) is 8.54. The van der Waals surface area contributed by atoms with E-state index in [0.717, 1.165) is 6.07 Å². The van der Waals surface area contributed by atoms with Crippen LogP contribution in [0, 0.1) is 17.5 Å². The highest BCUT2D eigenvalue weighted by molar-refractivity contribution is 6.04. The van der Waals surface area contributed by atoms with Gasteiger partial charge < -0.3 is 5.32 Å². The first-order valence-electron chi connectivity index (χ1n) is 7.07. The van der Waals surface area contributed by atoms with Crippen LogP contribution in [0.4, 0.5) is 18.9 Å². The van der Waals surface area contributed by atoms with Gasteiger partial charge in [-0.3, -0.25) is 9.59 Å². The Balaban J connectivity index is 1.87. The Hall–Kier alpha value is -3.42. The molecule has 2 aromatic carbocycles. The number of hydrogen-bond donors (Lipinski definition) is 2. The third-order valence-corrected chi connectivity index (χ3v) is 3.38. The lowest BCUT2D eigenvalue weighted by Crippen LogP contribution is -2.15. The van der Waals surface area contributed by atoms with E-state index in [1.165, 1.54) is 24.3 Å². The van der Waals surface area contributed by atoms with E-state index in [4.69, 9.17) is 0 Å². The van der Waals surface area contributed by atoms with Gasteiger partial charge >= 0.3 is 0 Å². The molecule has 5 nitrogen and oxygen atoms in total. The fourth-order valence-electron chi connectivity index (χ4n) is 2.16. The molecule has 0 saturated carbocycles. The van der Waals surface area contributed by atoms with Crippen molar-refractivity contribution in [3.63, 3.8) is 0 Å². The van der Waals surface area contributed by atoms with Crippen molar-refractivity contribution in [2.75, 3.05) is 5.32 Å². The van der Waals surface area contributed by atoms with Gasteiger partial charge in [-0.05, 0) is 30.3 Å². The highest BCUT2D eigenvalue weighted by Gasteiger charge is 2.19. The van der Waals surface area contributed by atoms with Crippen LogP contribution >= 0.6 is 0 Å². The summed E-state index contributed by atoms with van der Waals surface area (Å²) in [7, 11) is 0. The van der Waals surface area contributed by atoms with Crippen LogP contribution in [0.3, 0.4) is 0 Å². The Kier molecular flexibility index (Phi) is 4.34. The average molecular weight is 345 g/mol. The molecule has 3 aromatic rings. The molecule has 0 saturated heterocycles. The summed E-state index contributed by atoms with van der Waals surface area (Å²) in [5.41, 5.74) is 0.350. The van der Waals surface area contributed by atoms with E-state index >= 15 is 0 Å². The molecule has 1 aromatic heterocycles. The van der Waals surface area contributed by atoms with Gasteiger partial charge in [-0.2, -0.15) is 5.10 Å². The molecule has 0 aliphatic rings. The van der Waals surface area contributed by atoms with Gasteiger partial charge in [0, 0.05) is 17.3 Å². The highest BCUT2D eigenvalue weighted by Crippen LogP contribution is 2.21. The van der Waals surface area contributed by atoms with Crippen LogP contribution in [0.5, 0.6) is 0 Å². The lowest BCUT2D eigenvalue weighted by Gasteiger charge is -2.08. The fourth-order valence-corrected chi connectivity index (χ4v) is 2.16. The first kappa shape index (κ1) is 16.4. The van der Waals surface area contributed by atoms with Crippen LogP contribution in [0.1, 0.15) is 10.4 Å². The first-order valence-corrected chi connectivity index (χ1v) is 7.07. The molecule has 2 N–H and O–H groups in total. The number of amides is 1. The second-order valence-corrected chi connectivity index (χ2v) is 5.06. The predicted octanol–water partition coefficient (Wildman–Crippen LogP) is 3.11. The number of aromatic amines is 1. The van der Waals surface area contributed by atoms with Gasteiger partial charge in [0.15, 0.2) is 17.5 Å². The summed E-state index contributed by atoms with van der Waals surface area (Å²) in [6, 6.07) is 10.7. The largest absolute Gasteiger partial charge is 0.322 e. The Morgan fingerprint density at radius 2 is 1.80 bits per heavy atom. The molecule has 3 rings (SSSR count). The summed E-state index contributed by atoms with van der Waals surface area (Å²) in [6.07, 6.45) is 0. The molecule has 1 amide bonds. The summed E-state index contributed by atoms with van der Waals surface area (Å²) in [4.78, 5) is 23.1. The molecule has 0 atom stereocenters. The Bertz CT molecular complexity index is 998. The molecule has 0 fully saturated rings. The molecule has 0 aliphatic carbocycles. The van der Waals surface area contributed by atoms with Gasteiger partial charge in [-0.15, -0.1) is 0 Å². The van der Waals surface area contributed by atoms with Crippen LogP contribution in [-0.4, -0.2) is 16.1 Å². The van der Waals surface area contributed by atoms with Crippen molar-refractivity contribution in [2.45, 2.75) is 0 Å². The molecule has 1 heterocycles. The molecular weight excluding hydrogens is 335 g/mol.